The zero-order valence-electron chi connectivity index (χ0n) is 5.98. The van der Waals surface area contributed by atoms with Crippen LogP contribution in [0.25, 0.3) is 0 Å². The van der Waals surface area contributed by atoms with E-state index < -0.39 is 12.7 Å². The second-order valence-electron chi connectivity index (χ2n) is 2.16. The number of hydrogen-bond acceptors (Lipinski definition) is 4. The van der Waals surface area contributed by atoms with Crippen LogP contribution < -0.4 is 11.0 Å². The van der Waals surface area contributed by atoms with Crippen molar-refractivity contribution in [2.45, 2.75) is 0 Å². The standard InChI is InChI=1S/C6H5BN2O3/c8-2-4-1-5(7(11)12)3-9-6(4)10/h1,3,11-12H,(H,9,10). The van der Waals surface area contributed by atoms with E-state index in [-0.39, 0.29) is 11.0 Å². The molecule has 0 saturated carbocycles. The van der Waals surface area contributed by atoms with Gasteiger partial charge in [-0.25, -0.2) is 0 Å². The molecule has 0 atom stereocenters. The van der Waals surface area contributed by atoms with Gasteiger partial charge in [-0.05, 0) is 11.5 Å². The van der Waals surface area contributed by atoms with Gasteiger partial charge in [-0.15, -0.1) is 0 Å². The first-order valence-electron chi connectivity index (χ1n) is 3.14. The first-order chi connectivity index (χ1) is 5.65. The summed E-state index contributed by atoms with van der Waals surface area (Å²) in [4.78, 5) is 13.0. The highest BCUT2D eigenvalue weighted by atomic mass is 16.4. The van der Waals surface area contributed by atoms with E-state index in [0.29, 0.717) is 0 Å². The molecule has 5 nitrogen and oxygen atoms in total. The average molecular weight is 164 g/mol. The van der Waals surface area contributed by atoms with Crippen LogP contribution in [0.5, 0.6) is 0 Å². The minimum atomic E-state index is -1.67. The fourth-order valence-electron chi connectivity index (χ4n) is 0.733. The van der Waals surface area contributed by atoms with Crippen molar-refractivity contribution in [3.05, 3.63) is 28.2 Å². The number of rotatable bonds is 1. The lowest BCUT2D eigenvalue weighted by molar-refractivity contribution is 0.425. The van der Waals surface area contributed by atoms with Crippen molar-refractivity contribution >= 4 is 12.6 Å². The third-order valence-corrected chi connectivity index (χ3v) is 1.34. The summed E-state index contributed by atoms with van der Waals surface area (Å²) in [5, 5.41) is 25.7. The predicted molar refractivity (Wildman–Crippen MR) is 41.6 cm³/mol. The second kappa shape index (κ2) is 3.22. The highest BCUT2D eigenvalue weighted by Gasteiger charge is 2.12. The Hall–Kier alpha value is -1.58. The van der Waals surface area contributed by atoms with Crippen molar-refractivity contribution < 1.29 is 10.0 Å². The van der Waals surface area contributed by atoms with Crippen LogP contribution in [0.2, 0.25) is 0 Å². The Bertz CT molecular complexity index is 379. The molecule has 0 aliphatic heterocycles. The molecule has 0 unspecified atom stereocenters. The number of H-pyrrole nitrogens is 1. The lowest BCUT2D eigenvalue weighted by Gasteiger charge is -1.96. The summed E-state index contributed by atoms with van der Waals surface area (Å²) in [7, 11) is -1.67. The quantitative estimate of drug-likeness (QED) is 0.415. The Morgan fingerprint density at radius 3 is 2.75 bits per heavy atom. The van der Waals surface area contributed by atoms with E-state index in [1.165, 1.54) is 0 Å². The number of nitriles is 1. The maximum absolute atomic E-state index is 10.8. The van der Waals surface area contributed by atoms with E-state index in [2.05, 4.69) is 4.98 Å². The van der Waals surface area contributed by atoms with Crippen LogP contribution in [0, 0.1) is 11.3 Å². The molecule has 0 radical (unpaired) electrons. The molecule has 0 spiro atoms. The van der Waals surface area contributed by atoms with Crippen LogP contribution in [0.3, 0.4) is 0 Å². The van der Waals surface area contributed by atoms with Crippen LogP contribution in [0.15, 0.2) is 17.1 Å². The van der Waals surface area contributed by atoms with Crippen LogP contribution in [0.4, 0.5) is 0 Å². The Morgan fingerprint density at radius 2 is 2.25 bits per heavy atom. The molecule has 0 saturated heterocycles. The number of pyridine rings is 1. The molecule has 1 rings (SSSR count). The smallest absolute Gasteiger partial charge is 0.423 e. The summed E-state index contributed by atoms with van der Waals surface area (Å²) in [6, 6.07) is 2.75. The minimum Gasteiger partial charge on any atom is -0.423 e. The Kier molecular flexibility index (Phi) is 2.28. The third kappa shape index (κ3) is 1.53. The van der Waals surface area contributed by atoms with Crippen molar-refractivity contribution in [2.75, 3.05) is 0 Å². The summed E-state index contributed by atoms with van der Waals surface area (Å²) >= 11 is 0. The molecule has 0 aliphatic carbocycles. The molecule has 1 heterocycles. The normalized spacial score (nSPS) is 9.08. The van der Waals surface area contributed by atoms with Gasteiger partial charge in [-0.1, -0.05) is 0 Å². The Morgan fingerprint density at radius 1 is 1.58 bits per heavy atom. The Labute approximate surface area is 68.1 Å². The van der Waals surface area contributed by atoms with Gasteiger partial charge in [0.2, 0.25) is 0 Å². The van der Waals surface area contributed by atoms with Crippen molar-refractivity contribution in [3.63, 3.8) is 0 Å². The maximum atomic E-state index is 10.8. The van der Waals surface area contributed by atoms with Gasteiger partial charge in [0.15, 0.2) is 0 Å². The summed E-state index contributed by atoms with van der Waals surface area (Å²) in [5.41, 5.74) is -0.589. The van der Waals surface area contributed by atoms with Crippen LogP contribution in [-0.2, 0) is 0 Å². The molecule has 0 aliphatic rings. The van der Waals surface area contributed by atoms with Crippen molar-refractivity contribution in [3.8, 4) is 6.07 Å². The topological polar surface area (TPSA) is 97.1 Å². The van der Waals surface area contributed by atoms with Gasteiger partial charge in [-0.3, -0.25) is 4.79 Å². The first-order valence-corrected chi connectivity index (χ1v) is 3.14. The fraction of sp³-hybridized carbons (Fsp3) is 0. The fourth-order valence-corrected chi connectivity index (χ4v) is 0.733. The lowest BCUT2D eigenvalue weighted by Crippen LogP contribution is -2.32. The summed E-state index contributed by atoms with van der Waals surface area (Å²) in [6.45, 7) is 0. The minimum absolute atomic E-state index is 0.0890. The van der Waals surface area contributed by atoms with E-state index >= 15 is 0 Å². The van der Waals surface area contributed by atoms with E-state index in [9.17, 15) is 4.79 Å². The van der Waals surface area contributed by atoms with E-state index in [1.54, 1.807) is 6.07 Å². The van der Waals surface area contributed by atoms with Gasteiger partial charge in [-0.2, -0.15) is 5.26 Å². The Balaban J connectivity index is 3.26. The molecule has 6 heteroatoms. The lowest BCUT2D eigenvalue weighted by atomic mass is 9.81. The number of nitrogens with zero attached hydrogens (tertiary/aromatic N) is 1. The third-order valence-electron chi connectivity index (χ3n) is 1.34. The first kappa shape index (κ1) is 8.52. The molecule has 0 amide bonds. The van der Waals surface area contributed by atoms with E-state index in [0.717, 1.165) is 12.3 Å². The van der Waals surface area contributed by atoms with Crippen LogP contribution in [0.1, 0.15) is 5.56 Å². The van der Waals surface area contributed by atoms with Crippen molar-refractivity contribution in [2.24, 2.45) is 0 Å². The molecule has 0 bridgehead atoms. The average Bonchev–Trinajstić information content (AvgIpc) is 2.05. The number of hydrogen-bond donors (Lipinski definition) is 3. The summed E-state index contributed by atoms with van der Waals surface area (Å²) in [6.07, 6.45) is 1.15. The molecule has 1 aromatic heterocycles. The van der Waals surface area contributed by atoms with Crippen molar-refractivity contribution in [1.29, 1.82) is 5.26 Å². The summed E-state index contributed by atoms with van der Waals surface area (Å²) < 4.78 is 0. The predicted octanol–water partition coefficient (Wildman–Crippen LogP) is -2.07. The molecule has 1 aromatic rings. The summed E-state index contributed by atoms with van der Waals surface area (Å²) in [5.74, 6) is 0. The van der Waals surface area contributed by atoms with Gasteiger partial charge in [0.1, 0.15) is 11.6 Å². The molecular weight excluding hydrogens is 159 g/mol. The van der Waals surface area contributed by atoms with Crippen molar-refractivity contribution in [1.82, 2.24) is 4.98 Å². The van der Waals surface area contributed by atoms with Gasteiger partial charge < -0.3 is 15.0 Å². The number of aromatic nitrogens is 1. The zero-order valence-corrected chi connectivity index (χ0v) is 5.98. The van der Waals surface area contributed by atoms with Crippen LogP contribution >= 0.6 is 0 Å². The molecular formula is C6H5BN2O3. The SMILES string of the molecule is N#Cc1cc(B(O)O)c[nH]c1=O. The molecule has 0 fully saturated rings. The van der Waals surface area contributed by atoms with Gasteiger partial charge in [0.25, 0.3) is 5.56 Å². The monoisotopic (exact) mass is 164 g/mol. The zero-order chi connectivity index (χ0) is 9.14. The molecule has 60 valence electrons. The van der Waals surface area contributed by atoms with Gasteiger partial charge in [0, 0.05) is 6.20 Å². The van der Waals surface area contributed by atoms with E-state index in [4.69, 9.17) is 15.3 Å². The number of nitrogens with one attached hydrogen (secondary N) is 1. The molecule has 0 aromatic carbocycles. The van der Waals surface area contributed by atoms with E-state index in [1.807, 2.05) is 0 Å². The van der Waals surface area contributed by atoms with Gasteiger partial charge in [0.05, 0.1) is 0 Å². The number of aromatic amines is 1. The van der Waals surface area contributed by atoms with Crippen LogP contribution in [-0.4, -0.2) is 22.2 Å². The maximum Gasteiger partial charge on any atom is 0.489 e. The highest BCUT2D eigenvalue weighted by Crippen LogP contribution is 1.83. The largest absolute Gasteiger partial charge is 0.489 e. The second-order valence-corrected chi connectivity index (χ2v) is 2.16. The van der Waals surface area contributed by atoms with Gasteiger partial charge >= 0.3 is 7.12 Å². The molecule has 12 heavy (non-hydrogen) atoms. The highest BCUT2D eigenvalue weighted by molar-refractivity contribution is 6.58. The molecule has 3 N–H and O–H groups in total.